The van der Waals surface area contributed by atoms with E-state index >= 15 is 0 Å². The van der Waals surface area contributed by atoms with Gasteiger partial charge in [0.05, 0.1) is 6.04 Å². The Labute approximate surface area is 111 Å². The van der Waals surface area contributed by atoms with Crippen LogP contribution in [-0.2, 0) is 6.54 Å². The van der Waals surface area contributed by atoms with E-state index in [-0.39, 0.29) is 11.9 Å². The fourth-order valence-corrected chi connectivity index (χ4v) is 1.66. The van der Waals surface area contributed by atoms with Crippen LogP contribution in [0.3, 0.4) is 0 Å². The Balaban J connectivity index is 2.07. The van der Waals surface area contributed by atoms with Gasteiger partial charge in [-0.1, -0.05) is 17.2 Å². The molecule has 2 rings (SSSR count). The second kappa shape index (κ2) is 5.79. The minimum Gasteiger partial charge on any atom is -0.406 e. The van der Waals surface area contributed by atoms with E-state index < -0.39 is 0 Å². The largest absolute Gasteiger partial charge is 0.406 e. The summed E-state index contributed by atoms with van der Waals surface area (Å²) in [4.78, 5) is 1.79. The fourth-order valence-electron chi connectivity index (χ4n) is 1.66. The minimum absolute atomic E-state index is 0.00354. The summed E-state index contributed by atoms with van der Waals surface area (Å²) in [5.74, 6) is 0.282. The number of hydrogen-bond acceptors (Lipinski definition) is 5. The van der Waals surface area contributed by atoms with E-state index in [1.54, 1.807) is 11.0 Å². The second-order valence-corrected chi connectivity index (χ2v) is 4.42. The highest BCUT2D eigenvalue weighted by Crippen LogP contribution is 2.17. The molecule has 1 N–H and O–H groups in total. The molecule has 1 atom stereocenters. The molecule has 0 saturated carbocycles. The molecule has 1 unspecified atom stereocenters. The number of rotatable bonds is 5. The van der Waals surface area contributed by atoms with Gasteiger partial charge in [0, 0.05) is 13.6 Å². The SMILES string of the molecule is CNC(C)c1nnc(N(C)Cc2cccc(F)c2)o1. The van der Waals surface area contributed by atoms with E-state index in [0.29, 0.717) is 18.5 Å². The van der Waals surface area contributed by atoms with E-state index in [1.165, 1.54) is 12.1 Å². The van der Waals surface area contributed by atoms with Crippen molar-refractivity contribution >= 4 is 6.01 Å². The summed E-state index contributed by atoms with van der Waals surface area (Å²) in [5, 5.41) is 11.0. The Morgan fingerprint density at radius 1 is 1.42 bits per heavy atom. The summed E-state index contributed by atoms with van der Waals surface area (Å²) in [6.45, 7) is 2.44. The van der Waals surface area contributed by atoms with E-state index in [1.807, 2.05) is 27.1 Å². The third-order valence-corrected chi connectivity index (χ3v) is 2.87. The van der Waals surface area contributed by atoms with Gasteiger partial charge in [-0.15, -0.1) is 5.10 Å². The summed E-state index contributed by atoms with van der Waals surface area (Å²) < 4.78 is 18.6. The van der Waals surface area contributed by atoms with Crippen molar-refractivity contribution in [3.63, 3.8) is 0 Å². The quantitative estimate of drug-likeness (QED) is 0.896. The number of benzene rings is 1. The van der Waals surface area contributed by atoms with Crippen molar-refractivity contribution in [1.82, 2.24) is 15.5 Å². The van der Waals surface area contributed by atoms with Gasteiger partial charge in [-0.2, -0.15) is 0 Å². The van der Waals surface area contributed by atoms with Crippen LogP contribution in [0.4, 0.5) is 10.4 Å². The van der Waals surface area contributed by atoms with Crippen molar-refractivity contribution in [3.8, 4) is 0 Å². The zero-order chi connectivity index (χ0) is 13.8. The molecule has 1 aromatic heterocycles. The average Bonchev–Trinajstić information content (AvgIpc) is 2.87. The smallest absolute Gasteiger partial charge is 0.318 e. The van der Waals surface area contributed by atoms with Crippen molar-refractivity contribution in [2.75, 3.05) is 19.0 Å². The lowest BCUT2D eigenvalue weighted by Crippen LogP contribution is -2.16. The number of aromatic nitrogens is 2. The Morgan fingerprint density at radius 3 is 2.89 bits per heavy atom. The summed E-state index contributed by atoms with van der Waals surface area (Å²) in [7, 11) is 3.65. The first-order chi connectivity index (χ1) is 9.10. The lowest BCUT2D eigenvalue weighted by atomic mass is 10.2. The molecule has 0 bridgehead atoms. The molecule has 0 aliphatic rings. The average molecular weight is 264 g/mol. The highest BCUT2D eigenvalue weighted by atomic mass is 19.1. The van der Waals surface area contributed by atoms with E-state index in [9.17, 15) is 4.39 Å². The highest BCUT2D eigenvalue weighted by Gasteiger charge is 2.15. The Bertz CT molecular complexity index is 543. The maximum Gasteiger partial charge on any atom is 0.318 e. The van der Waals surface area contributed by atoms with Crippen molar-refractivity contribution in [3.05, 3.63) is 41.5 Å². The number of hydrogen-bond donors (Lipinski definition) is 1. The predicted octanol–water partition coefficient (Wildman–Crippen LogP) is 2.13. The van der Waals surface area contributed by atoms with E-state index in [2.05, 4.69) is 15.5 Å². The number of nitrogens with one attached hydrogen (secondary N) is 1. The molecule has 2 aromatic rings. The lowest BCUT2D eigenvalue weighted by molar-refractivity contribution is 0.432. The molecule has 0 spiro atoms. The Morgan fingerprint density at radius 2 is 2.21 bits per heavy atom. The van der Waals surface area contributed by atoms with Crippen LogP contribution in [0.15, 0.2) is 28.7 Å². The van der Waals surface area contributed by atoms with Gasteiger partial charge in [-0.25, -0.2) is 4.39 Å². The van der Waals surface area contributed by atoms with Gasteiger partial charge in [-0.05, 0) is 31.7 Å². The van der Waals surface area contributed by atoms with Crippen LogP contribution < -0.4 is 10.2 Å². The molecule has 0 aliphatic heterocycles. The molecule has 0 radical (unpaired) electrons. The van der Waals surface area contributed by atoms with Gasteiger partial charge in [0.15, 0.2) is 0 Å². The van der Waals surface area contributed by atoms with E-state index in [4.69, 9.17) is 4.42 Å². The molecule has 1 heterocycles. The first-order valence-corrected chi connectivity index (χ1v) is 6.06. The summed E-state index contributed by atoms with van der Waals surface area (Å²) in [6, 6.07) is 6.87. The van der Waals surface area contributed by atoms with Crippen molar-refractivity contribution in [2.45, 2.75) is 19.5 Å². The minimum atomic E-state index is -0.249. The van der Waals surface area contributed by atoms with Crippen molar-refractivity contribution in [1.29, 1.82) is 0 Å². The maximum atomic E-state index is 13.1. The first-order valence-electron chi connectivity index (χ1n) is 6.06. The molecular weight excluding hydrogens is 247 g/mol. The summed E-state index contributed by atoms with van der Waals surface area (Å²) >= 11 is 0. The van der Waals surface area contributed by atoms with Gasteiger partial charge in [-0.3, -0.25) is 0 Å². The molecule has 19 heavy (non-hydrogen) atoms. The zero-order valence-corrected chi connectivity index (χ0v) is 11.2. The summed E-state index contributed by atoms with van der Waals surface area (Å²) in [5.41, 5.74) is 0.851. The molecule has 0 saturated heterocycles. The molecule has 1 aromatic carbocycles. The van der Waals surface area contributed by atoms with Gasteiger partial charge in [0.2, 0.25) is 5.89 Å². The number of nitrogens with zero attached hydrogens (tertiary/aromatic N) is 3. The molecule has 0 amide bonds. The first kappa shape index (κ1) is 13.5. The highest BCUT2D eigenvalue weighted by molar-refractivity contribution is 5.27. The zero-order valence-electron chi connectivity index (χ0n) is 11.2. The van der Waals surface area contributed by atoms with Crippen LogP contribution in [0.2, 0.25) is 0 Å². The van der Waals surface area contributed by atoms with Crippen molar-refractivity contribution in [2.24, 2.45) is 0 Å². The third-order valence-electron chi connectivity index (χ3n) is 2.87. The van der Waals surface area contributed by atoms with Crippen LogP contribution >= 0.6 is 0 Å². The number of anilines is 1. The van der Waals surface area contributed by atoms with Gasteiger partial charge in [0.1, 0.15) is 5.82 Å². The molecule has 5 nitrogen and oxygen atoms in total. The molecule has 0 fully saturated rings. The lowest BCUT2D eigenvalue weighted by Gasteiger charge is -2.14. The normalized spacial score (nSPS) is 12.4. The number of halogens is 1. The van der Waals surface area contributed by atoms with Gasteiger partial charge >= 0.3 is 6.01 Å². The Kier molecular flexibility index (Phi) is 4.11. The molecule has 102 valence electrons. The fraction of sp³-hybridized carbons (Fsp3) is 0.385. The van der Waals surface area contributed by atoms with Crippen LogP contribution in [0, 0.1) is 5.82 Å². The molecule has 6 heteroatoms. The molecular formula is C13H17FN4O. The third kappa shape index (κ3) is 3.29. The second-order valence-electron chi connectivity index (χ2n) is 4.42. The van der Waals surface area contributed by atoms with Crippen LogP contribution in [-0.4, -0.2) is 24.3 Å². The van der Waals surface area contributed by atoms with Crippen LogP contribution in [0.1, 0.15) is 24.4 Å². The molecule has 0 aliphatic carbocycles. The van der Waals surface area contributed by atoms with E-state index in [0.717, 1.165) is 5.56 Å². The topological polar surface area (TPSA) is 54.2 Å². The van der Waals surface area contributed by atoms with Crippen LogP contribution in [0.5, 0.6) is 0 Å². The monoisotopic (exact) mass is 264 g/mol. The summed E-state index contributed by atoms with van der Waals surface area (Å²) in [6.07, 6.45) is 0. The van der Waals surface area contributed by atoms with Crippen molar-refractivity contribution < 1.29 is 8.81 Å². The van der Waals surface area contributed by atoms with Gasteiger partial charge in [0.25, 0.3) is 0 Å². The standard InChI is InChI=1S/C13H17FN4O/c1-9(15-2)12-16-17-13(19-12)18(3)8-10-5-4-6-11(14)7-10/h4-7,9,15H,8H2,1-3H3. The maximum absolute atomic E-state index is 13.1. The van der Waals surface area contributed by atoms with Crippen LogP contribution in [0.25, 0.3) is 0 Å². The Hall–Kier alpha value is -1.95. The van der Waals surface area contributed by atoms with Gasteiger partial charge < -0.3 is 14.6 Å². The predicted molar refractivity (Wildman–Crippen MR) is 70.3 cm³/mol.